The normalized spacial score (nSPS) is 15.2. The zero-order chi connectivity index (χ0) is 20.1. The van der Waals surface area contributed by atoms with Gasteiger partial charge in [-0.25, -0.2) is 8.42 Å². The molecule has 0 aromatic heterocycles. The third-order valence-electron chi connectivity index (χ3n) is 4.80. The fourth-order valence-electron chi connectivity index (χ4n) is 3.39. The fraction of sp³-hybridized carbons (Fsp3) is 0.333. The van der Waals surface area contributed by atoms with Crippen LogP contribution in [0.15, 0.2) is 54.6 Å². The van der Waals surface area contributed by atoms with Crippen molar-refractivity contribution in [1.82, 2.24) is 4.90 Å². The van der Waals surface area contributed by atoms with Gasteiger partial charge in [0.25, 0.3) is 5.91 Å². The van der Waals surface area contributed by atoms with Gasteiger partial charge in [0, 0.05) is 36.5 Å². The van der Waals surface area contributed by atoms with Crippen molar-refractivity contribution in [1.29, 1.82) is 0 Å². The molecule has 1 N–H and O–H groups in total. The molecule has 0 bridgehead atoms. The largest absolute Gasteiger partial charge is 0.339 e. The van der Waals surface area contributed by atoms with Crippen LogP contribution in [0.3, 0.4) is 0 Å². The summed E-state index contributed by atoms with van der Waals surface area (Å²) < 4.78 is 23.0. The van der Waals surface area contributed by atoms with Gasteiger partial charge in [0.1, 0.15) is 0 Å². The summed E-state index contributed by atoms with van der Waals surface area (Å²) in [5.41, 5.74) is 1.85. The highest BCUT2D eigenvalue weighted by molar-refractivity contribution is 7.89. The molecule has 0 unspecified atom stereocenters. The van der Waals surface area contributed by atoms with Crippen LogP contribution in [0.1, 0.15) is 28.8 Å². The Hall–Kier alpha value is -2.67. The average Bonchev–Trinajstić information content (AvgIpc) is 2.67. The minimum Gasteiger partial charge on any atom is -0.339 e. The summed E-state index contributed by atoms with van der Waals surface area (Å²) in [6.45, 7) is 1.00. The van der Waals surface area contributed by atoms with Gasteiger partial charge in [-0.15, -0.1) is 0 Å². The number of carbonyl (C=O) groups excluding carboxylic acids is 2. The maximum Gasteiger partial charge on any atom is 0.253 e. The lowest BCUT2D eigenvalue weighted by molar-refractivity contribution is -0.121. The summed E-state index contributed by atoms with van der Waals surface area (Å²) in [4.78, 5) is 26.9. The Morgan fingerprint density at radius 3 is 2.36 bits per heavy atom. The summed E-state index contributed by atoms with van der Waals surface area (Å²) in [6, 6.07) is 16.1. The third kappa shape index (κ3) is 5.42. The minimum atomic E-state index is -3.16. The average molecular weight is 401 g/mol. The SMILES string of the molecule is CS(=O)(=O)Cc1cccc(C(=O)N2CCC(C(=O)Nc3ccccc3)CC2)c1. The van der Waals surface area contributed by atoms with Crippen LogP contribution in [0.25, 0.3) is 0 Å². The van der Waals surface area contributed by atoms with E-state index >= 15 is 0 Å². The van der Waals surface area contributed by atoms with Crippen LogP contribution in [0.5, 0.6) is 0 Å². The molecule has 28 heavy (non-hydrogen) atoms. The molecule has 0 aliphatic carbocycles. The van der Waals surface area contributed by atoms with Crippen molar-refractivity contribution in [2.75, 3.05) is 24.7 Å². The topological polar surface area (TPSA) is 83.6 Å². The molecule has 2 aromatic carbocycles. The minimum absolute atomic E-state index is 0.0200. The first-order chi connectivity index (χ1) is 13.3. The van der Waals surface area contributed by atoms with Gasteiger partial charge in [-0.3, -0.25) is 9.59 Å². The summed E-state index contributed by atoms with van der Waals surface area (Å²) in [5.74, 6) is -0.359. The number of amides is 2. The Kier molecular flexibility index (Phi) is 6.14. The number of piperidine rings is 1. The molecule has 3 rings (SSSR count). The Morgan fingerprint density at radius 1 is 1.04 bits per heavy atom. The summed E-state index contributed by atoms with van der Waals surface area (Å²) >= 11 is 0. The van der Waals surface area contributed by atoms with E-state index in [2.05, 4.69) is 5.32 Å². The van der Waals surface area contributed by atoms with Crippen LogP contribution in [-0.4, -0.2) is 44.5 Å². The van der Waals surface area contributed by atoms with Crippen molar-refractivity contribution in [2.24, 2.45) is 5.92 Å². The molecule has 1 aliphatic rings. The molecule has 1 saturated heterocycles. The van der Waals surface area contributed by atoms with E-state index < -0.39 is 9.84 Å². The Bertz CT molecular complexity index is 949. The number of nitrogens with zero attached hydrogens (tertiary/aromatic N) is 1. The van der Waals surface area contributed by atoms with E-state index in [-0.39, 0.29) is 23.5 Å². The monoisotopic (exact) mass is 400 g/mol. The van der Waals surface area contributed by atoms with Crippen molar-refractivity contribution in [3.8, 4) is 0 Å². The second kappa shape index (κ2) is 8.56. The molecule has 1 heterocycles. The number of likely N-dealkylation sites (tertiary alicyclic amines) is 1. The van der Waals surface area contributed by atoms with Crippen LogP contribution < -0.4 is 5.32 Å². The molecular weight excluding hydrogens is 376 g/mol. The van der Waals surface area contributed by atoms with Crippen LogP contribution in [0.4, 0.5) is 5.69 Å². The quantitative estimate of drug-likeness (QED) is 0.836. The lowest BCUT2D eigenvalue weighted by atomic mass is 9.95. The summed E-state index contributed by atoms with van der Waals surface area (Å²) in [6.07, 6.45) is 2.38. The van der Waals surface area contributed by atoms with E-state index in [1.807, 2.05) is 30.3 Å². The molecule has 0 radical (unpaired) electrons. The first kappa shape index (κ1) is 20.1. The number of hydrogen-bond acceptors (Lipinski definition) is 4. The van der Waals surface area contributed by atoms with Crippen LogP contribution in [0, 0.1) is 5.92 Å². The van der Waals surface area contributed by atoms with Crippen LogP contribution >= 0.6 is 0 Å². The smallest absolute Gasteiger partial charge is 0.253 e. The van der Waals surface area contributed by atoms with Crippen molar-refractivity contribution in [2.45, 2.75) is 18.6 Å². The molecule has 6 nitrogen and oxygen atoms in total. The van der Waals surface area contributed by atoms with Gasteiger partial charge in [-0.1, -0.05) is 30.3 Å². The first-order valence-corrected chi connectivity index (χ1v) is 11.3. The van der Waals surface area contributed by atoms with Crippen molar-refractivity contribution < 1.29 is 18.0 Å². The van der Waals surface area contributed by atoms with Gasteiger partial charge in [0.2, 0.25) is 5.91 Å². The van der Waals surface area contributed by atoms with E-state index in [9.17, 15) is 18.0 Å². The lowest BCUT2D eigenvalue weighted by Gasteiger charge is -2.31. The Morgan fingerprint density at radius 2 is 1.71 bits per heavy atom. The van der Waals surface area contributed by atoms with Crippen molar-refractivity contribution in [3.63, 3.8) is 0 Å². The highest BCUT2D eigenvalue weighted by Crippen LogP contribution is 2.21. The van der Waals surface area contributed by atoms with Crippen LogP contribution in [0.2, 0.25) is 0 Å². The van der Waals surface area contributed by atoms with E-state index in [4.69, 9.17) is 0 Å². The number of nitrogens with one attached hydrogen (secondary N) is 1. The number of hydrogen-bond donors (Lipinski definition) is 1. The number of rotatable bonds is 5. The standard InChI is InChI=1S/C21H24N2O4S/c1-28(26,27)15-16-6-5-7-18(14-16)21(25)23-12-10-17(11-13-23)20(24)22-19-8-3-2-4-9-19/h2-9,14,17H,10-13,15H2,1H3,(H,22,24). The number of benzene rings is 2. The van der Waals surface area contributed by atoms with Crippen molar-refractivity contribution >= 4 is 27.3 Å². The molecule has 0 atom stereocenters. The van der Waals surface area contributed by atoms with Gasteiger partial charge in [0.15, 0.2) is 9.84 Å². The Labute approximate surface area is 165 Å². The van der Waals surface area contributed by atoms with Gasteiger partial charge in [0.05, 0.1) is 5.75 Å². The predicted octanol–water partition coefficient (Wildman–Crippen LogP) is 2.72. The molecule has 1 aliphatic heterocycles. The second-order valence-corrected chi connectivity index (χ2v) is 9.33. The van der Waals surface area contributed by atoms with Gasteiger partial charge in [-0.2, -0.15) is 0 Å². The highest BCUT2D eigenvalue weighted by Gasteiger charge is 2.28. The maximum atomic E-state index is 12.8. The first-order valence-electron chi connectivity index (χ1n) is 9.24. The molecular formula is C21H24N2O4S. The molecule has 2 amide bonds. The second-order valence-electron chi connectivity index (χ2n) is 7.19. The number of sulfone groups is 1. The molecule has 2 aromatic rings. The Balaban J connectivity index is 1.58. The van der Waals surface area contributed by atoms with Crippen LogP contribution in [-0.2, 0) is 20.4 Å². The van der Waals surface area contributed by atoms with Gasteiger partial charge in [-0.05, 0) is 42.7 Å². The van der Waals surface area contributed by atoms with E-state index in [1.165, 1.54) is 6.26 Å². The number of para-hydroxylation sites is 1. The molecule has 7 heteroatoms. The summed E-state index contributed by atoms with van der Waals surface area (Å²) in [7, 11) is -3.16. The third-order valence-corrected chi connectivity index (χ3v) is 5.65. The lowest BCUT2D eigenvalue weighted by Crippen LogP contribution is -2.41. The number of carbonyl (C=O) groups is 2. The maximum absolute atomic E-state index is 12.8. The van der Waals surface area contributed by atoms with E-state index in [1.54, 1.807) is 29.2 Å². The number of anilines is 1. The summed E-state index contributed by atoms with van der Waals surface area (Å²) in [5, 5.41) is 2.92. The predicted molar refractivity (Wildman–Crippen MR) is 109 cm³/mol. The van der Waals surface area contributed by atoms with Crippen molar-refractivity contribution in [3.05, 3.63) is 65.7 Å². The zero-order valence-electron chi connectivity index (χ0n) is 15.8. The fourth-order valence-corrected chi connectivity index (χ4v) is 4.18. The van der Waals surface area contributed by atoms with E-state index in [0.29, 0.717) is 37.1 Å². The zero-order valence-corrected chi connectivity index (χ0v) is 16.6. The highest BCUT2D eigenvalue weighted by atomic mass is 32.2. The van der Waals surface area contributed by atoms with Gasteiger partial charge >= 0.3 is 0 Å². The van der Waals surface area contributed by atoms with Gasteiger partial charge < -0.3 is 10.2 Å². The molecule has 0 spiro atoms. The molecule has 1 fully saturated rings. The molecule has 148 valence electrons. The molecule has 0 saturated carbocycles. The van der Waals surface area contributed by atoms with E-state index in [0.717, 1.165) is 5.69 Å².